The molecule has 0 aliphatic rings. The lowest BCUT2D eigenvalue weighted by atomic mass is 10.2. The van der Waals surface area contributed by atoms with E-state index in [0.29, 0.717) is 11.3 Å². The summed E-state index contributed by atoms with van der Waals surface area (Å²) in [5, 5.41) is 3.92. The van der Waals surface area contributed by atoms with Crippen LogP contribution in [0, 0.1) is 13.8 Å². The molecule has 2 aromatic rings. The third-order valence-corrected chi connectivity index (χ3v) is 2.91. The van der Waals surface area contributed by atoms with Gasteiger partial charge in [-0.2, -0.15) is 23.0 Å². The van der Waals surface area contributed by atoms with E-state index in [1.54, 1.807) is 13.8 Å². The molecule has 0 saturated carbocycles. The molecule has 0 aliphatic heterocycles. The van der Waals surface area contributed by atoms with Crippen LogP contribution < -0.4 is 5.56 Å². The largest absolute Gasteiger partial charge is 0.416 e. The summed E-state index contributed by atoms with van der Waals surface area (Å²) in [4.78, 5) is 12.0. The maximum absolute atomic E-state index is 12.4. The molecule has 0 spiro atoms. The van der Waals surface area contributed by atoms with E-state index >= 15 is 0 Å². The van der Waals surface area contributed by atoms with Gasteiger partial charge in [0.05, 0.1) is 17.4 Å². The van der Waals surface area contributed by atoms with E-state index in [1.165, 1.54) is 18.3 Å². The van der Waals surface area contributed by atoms with Gasteiger partial charge in [-0.05, 0) is 43.7 Å². The first-order valence-electron chi connectivity index (χ1n) is 5.54. The van der Waals surface area contributed by atoms with Crippen molar-refractivity contribution in [3.8, 4) is 5.69 Å². The molecule has 0 N–H and O–H groups in total. The lowest BCUT2D eigenvalue weighted by molar-refractivity contribution is -0.137. The van der Waals surface area contributed by atoms with Crippen molar-refractivity contribution in [3.05, 3.63) is 57.5 Å². The van der Waals surface area contributed by atoms with Gasteiger partial charge >= 0.3 is 6.18 Å². The second-order valence-corrected chi connectivity index (χ2v) is 4.21. The van der Waals surface area contributed by atoms with Crippen LogP contribution in [-0.2, 0) is 6.18 Å². The van der Waals surface area contributed by atoms with Crippen molar-refractivity contribution in [3.63, 3.8) is 0 Å². The van der Waals surface area contributed by atoms with Crippen LogP contribution in [0.15, 0.2) is 35.3 Å². The van der Waals surface area contributed by atoms with Crippen LogP contribution in [0.1, 0.15) is 16.7 Å². The van der Waals surface area contributed by atoms with Gasteiger partial charge in [0.15, 0.2) is 0 Å². The zero-order chi connectivity index (χ0) is 14.2. The molecule has 2 rings (SSSR count). The van der Waals surface area contributed by atoms with Crippen LogP contribution in [0.2, 0.25) is 0 Å². The molecular formula is C13H11F3N2O. The minimum Gasteiger partial charge on any atom is -0.267 e. The fourth-order valence-corrected chi connectivity index (χ4v) is 1.60. The van der Waals surface area contributed by atoms with E-state index in [9.17, 15) is 18.0 Å². The fraction of sp³-hybridized carbons (Fsp3) is 0.231. The molecule has 0 atom stereocenters. The molecule has 0 amide bonds. The maximum Gasteiger partial charge on any atom is 0.416 e. The molecular weight excluding hydrogens is 257 g/mol. The second kappa shape index (κ2) is 4.53. The Balaban J connectivity index is 2.50. The van der Waals surface area contributed by atoms with Gasteiger partial charge in [-0.15, -0.1) is 0 Å². The number of halogens is 3. The number of nitrogens with zero attached hydrogens (tertiary/aromatic N) is 2. The van der Waals surface area contributed by atoms with E-state index in [-0.39, 0.29) is 5.56 Å². The maximum atomic E-state index is 12.4. The molecule has 0 fully saturated rings. The number of alkyl halides is 3. The Hall–Kier alpha value is -2.11. The van der Waals surface area contributed by atoms with E-state index < -0.39 is 11.7 Å². The van der Waals surface area contributed by atoms with Crippen LogP contribution in [0.4, 0.5) is 13.2 Å². The van der Waals surface area contributed by atoms with Crippen LogP contribution in [0.25, 0.3) is 5.69 Å². The van der Waals surface area contributed by atoms with Crippen molar-refractivity contribution in [1.82, 2.24) is 9.78 Å². The van der Waals surface area contributed by atoms with Gasteiger partial charge in [0.25, 0.3) is 5.56 Å². The van der Waals surface area contributed by atoms with Gasteiger partial charge < -0.3 is 0 Å². The summed E-state index contributed by atoms with van der Waals surface area (Å²) in [6, 6.07) is 4.31. The van der Waals surface area contributed by atoms with Crippen LogP contribution in [0.3, 0.4) is 0 Å². The fourth-order valence-electron chi connectivity index (χ4n) is 1.60. The Morgan fingerprint density at radius 2 is 1.68 bits per heavy atom. The highest BCUT2D eigenvalue weighted by molar-refractivity contribution is 5.35. The Labute approximate surface area is 107 Å². The summed E-state index contributed by atoms with van der Waals surface area (Å²) in [6.45, 7) is 3.40. The Kier molecular flexibility index (Phi) is 3.18. The topological polar surface area (TPSA) is 34.9 Å². The first-order chi connectivity index (χ1) is 8.80. The minimum absolute atomic E-state index is 0.307. The predicted molar refractivity (Wildman–Crippen MR) is 64.3 cm³/mol. The van der Waals surface area contributed by atoms with Crippen molar-refractivity contribution in [1.29, 1.82) is 0 Å². The molecule has 19 heavy (non-hydrogen) atoms. The van der Waals surface area contributed by atoms with Crippen molar-refractivity contribution >= 4 is 0 Å². The number of aryl methyl sites for hydroxylation is 1. The number of hydrogen-bond acceptors (Lipinski definition) is 2. The highest BCUT2D eigenvalue weighted by atomic mass is 19.4. The standard InChI is InChI=1S/C13H11F3N2O/c1-8-7-17-18(12(19)9(8)2)11-5-3-10(4-6-11)13(14,15)16/h3-7H,1-2H3. The quantitative estimate of drug-likeness (QED) is 0.797. The van der Waals surface area contributed by atoms with Gasteiger partial charge in [0.2, 0.25) is 0 Å². The van der Waals surface area contributed by atoms with Crippen molar-refractivity contribution in [2.45, 2.75) is 20.0 Å². The molecule has 0 unspecified atom stereocenters. The van der Waals surface area contributed by atoms with E-state index in [2.05, 4.69) is 5.10 Å². The summed E-state index contributed by atoms with van der Waals surface area (Å²) >= 11 is 0. The summed E-state index contributed by atoms with van der Waals surface area (Å²) in [7, 11) is 0. The van der Waals surface area contributed by atoms with Crippen molar-refractivity contribution < 1.29 is 13.2 Å². The van der Waals surface area contributed by atoms with Crippen molar-refractivity contribution in [2.24, 2.45) is 0 Å². The highest BCUT2D eigenvalue weighted by Gasteiger charge is 2.30. The van der Waals surface area contributed by atoms with Crippen LogP contribution in [0.5, 0.6) is 0 Å². The summed E-state index contributed by atoms with van der Waals surface area (Å²) < 4.78 is 38.4. The zero-order valence-electron chi connectivity index (χ0n) is 10.3. The third kappa shape index (κ3) is 2.52. The van der Waals surface area contributed by atoms with E-state index in [1.807, 2.05) is 0 Å². The smallest absolute Gasteiger partial charge is 0.267 e. The SMILES string of the molecule is Cc1cnn(-c2ccc(C(F)(F)F)cc2)c(=O)c1C. The van der Waals surface area contributed by atoms with Crippen LogP contribution in [-0.4, -0.2) is 9.78 Å². The molecule has 0 bridgehead atoms. The summed E-state index contributed by atoms with van der Waals surface area (Å²) in [6.07, 6.45) is -2.88. The molecule has 1 aromatic carbocycles. The zero-order valence-corrected chi connectivity index (χ0v) is 10.3. The number of hydrogen-bond donors (Lipinski definition) is 0. The lowest BCUT2D eigenvalue weighted by Gasteiger charge is -2.09. The highest BCUT2D eigenvalue weighted by Crippen LogP contribution is 2.29. The number of rotatable bonds is 1. The average Bonchev–Trinajstić information content (AvgIpc) is 2.35. The third-order valence-electron chi connectivity index (χ3n) is 2.91. The lowest BCUT2D eigenvalue weighted by Crippen LogP contribution is -2.24. The van der Waals surface area contributed by atoms with Gasteiger partial charge in [-0.25, -0.2) is 0 Å². The minimum atomic E-state index is -4.39. The molecule has 0 radical (unpaired) electrons. The average molecular weight is 268 g/mol. The van der Waals surface area contributed by atoms with Crippen LogP contribution >= 0.6 is 0 Å². The van der Waals surface area contributed by atoms with Gasteiger partial charge in [-0.3, -0.25) is 4.79 Å². The molecule has 1 heterocycles. The van der Waals surface area contributed by atoms with E-state index in [4.69, 9.17) is 0 Å². The number of benzene rings is 1. The molecule has 0 aliphatic carbocycles. The summed E-state index contributed by atoms with van der Waals surface area (Å²) in [5.74, 6) is 0. The molecule has 0 saturated heterocycles. The summed E-state index contributed by atoms with van der Waals surface area (Å²) in [5.41, 5.74) is 0.483. The first-order valence-corrected chi connectivity index (χ1v) is 5.54. The normalized spacial score (nSPS) is 11.6. The Morgan fingerprint density at radius 1 is 1.11 bits per heavy atom. The Morgan fingerprint density at radius 3 is 2.21 bits per heavy atom. The van der Waals surface area contributed by atoms with Crippen molar-refractivity contribution in [2.75, 3.05) is 0 Å². The molecule has 6 heteroatoms. The Bertz CT molecular complexity index is 657. The molecule has 100 valence electrons. The first kappa shape index (κ1) is 13.3. The van der Waals surface area contributed by atoms with Gasteiger partial charge in [0, 0.05) is 5.56 Å². The monoisotopic (exact) mass is 268 g/mol. The number of aromatic nitrogens is 2. The molecule has 3 nitrogen and oxygen atoms in total. The molecule has 1 aromatic heterocycles. The van der Waals surface area contributed by atoms with Gasteiger partial charge in [0.1, 0.15) is 0 Å². The van der Waals surface area contributed by atoms with Gasteiger partial charge in [-0.1, -0.05) is 0 Å². The van der Waals surface area contributed by atoms with E-state index in [0.717, 1.165) is 22.4 Å². The second-order valence-electron chi connectivity index (χ2n) is 4.21. The predicted octanol–water partition coefficient (Wildman–Crippen LogP) is 2.87.